The van der Waals surface area contributed by atoms with Crippen LogP contribution in [0.5, 0.6) is 0 Å². The summed E-state index contributed by atoms with van der Waals surface area (Å²) in [6, 6.07) is 12.2. The third kappa shape index (κ3) is 3.53. The first kappa shape index (κ1) is 18.1. The van der Waals surface area contributed by atoms with Crippen molar-refractivity contribution in [3.05, 3.63) is 83.2 Å². The molecule has 1 amide bonds. The topological polar surface area (TPSA) is 94.4 Å². The van der Waals surface area contributed by atoms with Gasteiger partial charge in [-0.3, -0.25) is 18.6 Å². The molecule has 9 heteroatoms. The molecular formula is C21H15N5O3S. The van der Waals surface area contributed by atoms with E-state index in [1.165, 1.54) is 23.2 Å². The minimum atomic E-state index is -0.335. The van der Waals surface area contributed by atoms with E-state index in [4.69, 9.17) is 4.42 Å². The van der Waals surface area contributed by atoms with Crippen LogP contribution in [0, 0.1) is 0 Å². The molecule has 5 rings (SSSR count). The first-order valence-electron chi connectivity index (χ1n) is 9.08. The Kier molecular flexibility index (Phi) is 4.49. The maximum Gasteiger partial charge on any atom is 0.254 e. The van der Waals surface area contributed by atoms with Gasteiger partial charge in [0, 0.05) is 35.1 Å². The summed E-state index contributed by atoms with van der Waals surface area (Å²) in [7, 11) is 0. The van der Waals surface area contributed by atoms with Gasteiger partial charge in [0.05, 0.1) is 18.3 Å². The highest BCUT2D eigenvalue weighted by molar-refractivity contribution is 7.15. The molecule has 0 unspecified atom stereocenters. The molecule has 0 aliphatic rings. The minimum Gasteiger partial charge on any atom is -0.463 e. The second-order valence-corrected chi connectivity index (χ2v) is 7.44. The van der Waals surface area contributed by atoms with Crippen LogP contribution in [0.15, 0.2) is 82.0 Å². The average Bonchev–Trinajstić information content (AvgIpc) is 3.47. The number of rotatable bonds is 5. The van der Waals surface area contributed by atoms with E-state index in [2.05, 4.69) is 15.3 Å². The number of thiazole rings is 1. The molecule has 0 saturated heterocycles. The van der Waals surface area contributed by atoms with Gasteiger partial charge in [-0.2, -0.15) is 0 Å². The van der Waals surface area contributed by atoms with Crippen molar-refractivity contribution < 1.29 is 9.21 Å². The highest BCUT2D eigenvalue weighted by Crippen LogP contribution is 2.24. The molecule has 5 aromatic rings. The van der Waals surface area contributed by atoms with Gasteiger partial charge in [0.2, 0.25) is 5.91 Å². The van der Waals surface area contributed by atoms with E-state index in [-0.39, 0.29) is 18.0 Å². The van der Waals surface area contributed by atoms with Crippen molar-refractivity contribution in [1.82, 2.24) is 18.9 Å². The molecule has 8 nitrogen and oxygen atoms in total. The van der Waals surface area contributed by atoms with Crippen LogP contribution >= 0.6 is 11.3 Å². The zero-order valence-corrected chi connectivity index (χ0v) is 16.4. The largest absolute Gasteiger partial charge is 0.463 e. The van der Waals surface area contributed by atoms with E-state index in [0.29, 0.717) is 17.1 Å². The fraction of sp³-hybridized carbons (Fsp3) is 0.0476. The van der Waals surface area contributed by atoms with E-state index in [9.17, 15) is 9.59 Å². The Labute approximate surface area is 174 Å². The Hall–Kier alpha value is -3.98. The Morgan fingerprint density at radius 1 is 1.17 bits per heavy atom. The first-order valence-corrected chi connectivity index (χ1v) is 9.96. The van der Waals surface area contributed by atoms with E-state index in [1.54, 1.807) is 29.5 Å². The Bertz CT molecular complexity index is 1370. The van der Waals surface area contributed by atoms with Crippen molar-refractivity contribution >= 4 is 27.9 Å². The Balaban J connectivity index is 1.31. The van der Waals surface area contributed by atoms with E-state index >= 15 is 0 Å². The zero-order chi connectivity index (χ0) is 20.5. The van der Waals surface area contributed by atoms with Gasteiger partial charge in [-0.15, -0.1) is 11.3 Å². The van der Waals surface area contributed by atoms with Crippen LogP contribution in [0.25, 0.3) is 27.7 Å². The van der Waals surface area contributed by atoms with Crippen LogP contribution in [0.3, 0.4) is 0 Å². The lowest BCUT2D eigenvalue weighted by atomic mass is 10.1. The molecule has 0 fully saturated rings. The lowest BCUT2D eigenvalue weighted by molar-refractivity contribution is -0.116. The monoisotopic (exact) mass is 417 g/mol. The third-order valence-electron chi connectivity index (χ3n) is 4.50. The van der Waals surface area contributed by atoms with Gasteiger partial charge in [-0.1, -0.05) is 12.1 Å². The number of furan rings is 1. The third-order valence-corrected chi connectivity index (χ3v) is 5.27. The number of amides is 1. The van der Waals surface area contributed by atoms with Crippen molar-refractivity contribution in [2.75, 3.05) is 5.32 Å². The number of imidazole rings is 1. The van der Waals surface area contributed by atoms with Crippen LogP contribution in [-0.4, -0.2) is 24.8 Å². The lowest BCUT2D eigenvalue weighted by Crippen LogP contribution is -2.27. The molecule has 148 valence electrons. The number of hydrogen-bond acceptors (Lipinski definition) is 6. The highest BCUT2D eigenvalue weighted by atomic mass is 32.1. The van der Waals surface area contributed by atoms with Gasteiger partial charge in [0.15, 0.2) is 10.7 Å². The molecule has 0 radical (unpaired) electrons. The fourth-order valence-corrected chi connectivity index (χ4v) is 3.78. The maximum atomic E-state index is 12.5. The summed E-state index contributed by atoms with van der Waals surface area (Å²) in [5, 5.41) is 4.79. The second-order valence-electron chi connectivity index (χ2n) is 6.57. The van der Waals surface area contributed by atoms with Crippen molar-refractivity contribution in [3.8, 4) is 22.7 Å². The van der Waals surface area contributed by atoms with Crippen LogP contribution < -0.4 is 10.9 Å². The number of carbonyl (C=O) groups excluding carboxylic acids is 1. The van der Waals surface area contributed by atoms with Crippen molar-refractivity contribution in [1.29, 1.82) is 0 Å². The summed E-state index contributed by atoms with van der Waals surface area (Å²) in [5.41, 5.74) is 2.44. The summed E-state index contributed by atoms with van der Waals surface area (Å²) in [6.45, 7) is -0.144. The van der Waals surface area contributed by atoms with Crippen LogP contribution in [0.1, 0.15) is 0 Å². The van der Waals surface area contributed by atoms with Gasteiger partial charge < -0.3 is 9.73 Å². The maximum absolute atomic E-state index is 12.5. The fourth-order valence-electron chi connectivity index (χ4n) is 3.08. The van der Waals surface area contributed by atoms with Crippen molar-refractivity contribution in [3.63, 3.8) is 0 Å². The van der Waals surface area contributed by atoms with Crippen LogP contribution in [0.2, 0.25) is 0 Å². The molecular weight excluding hydrogens is 402 g/mol. The van der Waals surface area contributed by atoms with Crippen molar-refractivity contribution in [2.24, 2.45) is 0 Å². The number of hydrogen-bond donors (Lipinski definition) is 1. The predicted molar refractivity (Wildman–Crippen MR) is 113 cm³/mol. The molecule has 0 aliphatic carbocycles. The summed E-state index contributed by atoms with van der Waals surface area (Å²) in [6.07, 6.45) is 6.74. The molecule has 1 N–H and O–H groups in total. The SMILES string of the molecule is O=C(Cn1cnc(-c2ccco2)cc1=O)Nc1cccc(-c2cn3ccsc3n2)c1. The number of benzene rings is 1. The molecule has 0 bridgehead atoms. The van der Waals surface area contributed by atoms with E-state index in [1.807, 2.05) is 40.4 Å². The number of anilines is 1. The van der Waals surface area contributed by atoms with Gasteiger partial charge in [-0.25, -0.2) is 9.97 Å². The van der Waals surface area contributed by atoms with E-state index in [0.717, 1.165) is 16.2 Å². The smallest absolute Gasteiger partial charge is 0.254 e. The summed E-state index contributed by atoms with van der Waals surface area (Å²) in [4.78, 5) is 34.5. The van der Waals surface area contributed by atoms with E-state index < -0.39 is 0 Å². The first-order chi connectivity index (χ1) is 14.7. The average molecular weight is 417 g/mol. The van der Waals surface area contributed by atoms with Crippen molar-refractivity contribution in [2.45, 2.75) is 6.54 Å². The number of carbonyl (C=O) groups is 1. The molecule has 4 heterocycles. The van der Waals surface area contributed by atoms with Gasteiger partial charge >= 0.3 is 0 Å². The number of fused-ring (bicyclic) bond motifs is 1. The molecule has 1 aromatic carbocycles. The number of nitrogens with zero attached hydrogens (tertiary/aromatic N) is 4. The summed E-state index contributed by atoms with van der Waals surface area (Å²) >= 11 is 1.56. The van der Waals surface area contributed by atoms with Gasteiger partial charge in [0.1, 0.15) is 12.2 Å². The van der Waals surface area contributed by atoms with Crippen LogP contribution in [0.4, 0.5) is 5.69 Å². The summed E-state index contributed by atoms with van der Waals surface area (Å²) in [5.74, 6) is 0.173. The van der Waals surface area contributed by atoms with Gasteiger partial charge in [-0.05, 0) is 24.3 Å². The highest BCUT2D eigenvalue weighted by Gasteiger charge is 2.10. The molecule has 4 aromatic heterocycles. The van der Waals surface area contributed by atoms with Crippen LogP contribution in [-0.2, 0) is 11.3 Å². The molecule has 0 aliphatic heterocycles. The second kappa shape index (κ2) is 7.45. The minimum absolute atomic E-state index is 0.144. The quantitative estimate of drug-likeness (QED) is 0.472. The predicted octanol–water partition coefficient (Wildman–Crippen LogP) is 3.52. The molecule has 0 saturated carbocycles. The normalized spacial score (nSPS) is 11.1. The number of aromatic nitrogens is 4. The molecule has 0 atom stereocenters. The Morgan fingerprint density at radius 2 is 2.10 bits per heavy atom. The lowest BCUT2D eigenvalue weighted by Gasteiger charge is -2.08. The molecule has 30 heavy (non-hydrogen) atoms. The van der Waals surface area contributed by atoms with Gasteiger partial charge in [0.25, 0.3) is 5.56 Å². The Morgan fingerprint density at radius 3 is 2.90 bits per heavy atom. The zero-order valence-electron chi connectivity index (χ0n) is 15.6. The summed E-state index contributed by atoms with van der Waals surface area (Å²) < 4.78 is 8.44. The number of nitrogens with one attached hydrogen (secondary N) is 1. The molecule has 0 spiro atoms. The standard InChI is InChI=1S/C21H15N5O3S/c27-19(12-26-13-22-16(10-20(26)28)18-5-2-7-29-18)23-15-4-1-3-14(9-15)17-11-25-6-8-30-21(25)24-17/h1-11,13H,12H2,(H,23,27).